The molecule has 2 aromatic carbocycles. The van der Waals surface area contributed by atoms with Crippen LogP contribution in [0.3, 0.4) is 0 Å². The number of anilines is 1. The van der Waals surface area contributed by atoms with Crippen LogP contribution in [0.2, 0.25) is 10.0 Å². The molecular formula is C17H15Cl2F3N2O2. The van der Waals surface area contributed by atoms with E-state index >= 15 is 0 Å². The monoisotopic (exact) mass is 409 g/mol. The molecule has 1 amide bonds. The van der Waals surface area contributed by atoms with Crippen molar-refractivity contribution in [1.82, 2.24) is 0 Å². The summed E-state index contributed by atoms with van der Waals surface area (Å²) in [4.78, 5) is 12.7. The first-order valence-corrected chi connectivity index (χ1v) is 7.86. The van der Waals surface area contributed by atoms with Gasteiger partial charge in [0.15, 0.2) is 0 Å². The molecule has 0 fully saturated rings. The fraction of sp³-hybridized carbons (Fsp3) is 0.235. The highest BCUT2D eigenvalue weighted by Gasteiger charge is 2.31. The van der Waals surface area contributed by atoms with Gasteiger partial charge in [-0.1, -0.05) is 35.3 Å². The smallest absolute Gasteiger partial charge is 0.406 e. The molecule has 0 saturated heterocycles. The minimum Gasteiger partial charge on any atom is -0.406 e. The third-order valence-corrected chi connectivity index (χ3v) is 3.60. The molecule has 0 radical (unpaired) electrons. The minimum absolute atomic E-state index is 0.139. The molecule has 0 spiro atoms. The maximum atomic E-state index is 12.7. The number of ether oxygens (including phenoxy) is 1. The second kappa shape index (κ2) is 7.73. The van der Waals surface area contributed by atoms with Gasteiger partial charge in [-0.05, 0) is 49.2 Å². The van der Waals surface area contributed by atoms with E-state index in [0.29, 0.717) is 0 Å². The number of carbonyl (C=O) groups is 1. The van der Waals surface area contributed by atoms with Crippen LogP contribution in [-0.4, -0.2) is 17.8 Å². The van der Waals surface area contributed by atoms with Crippen molar-refractivity contribution >= 4 is 34.8 Å². The van der Waals surface area contributed by atoms with Gasteiger partial charge in [0.1, 0.15) is 5.75 Å². The molecule has 0 bridgehead atoms. The third kappa shape index (κ3) is 6.09. The zero-order valence-corrected chi connectivity index (χ0v) is 14.5. The van der Waals surface area contributed by atoms with Crippen molar-refractivity contribution < 1.29 is 26.8 Å². The number of carbonyl (C=O) groups excluding carboxylic acids is 1. The molecule has 140 valence electrons. The summed E-state index contributed by atoms with van der Waals surface area (Å²) in [7, 11) is 0. The van der Waals surface area contributed by atoms with E-state index in [4.69, 9.17) is 33.0 Å². The van der Waals surface area contributed by atoms with Gasteiger partial charge in [0.2, 0.25) is 5.91 Å². The molecule has 3 N–H and O–H groups in total. The van der Waals surface area contributed by atoms with Crippen LogP contribution in [-0.2, 0) is 11.2 Å². The first kappa shape index (κ1) is 16.2. The Kier molecular flexibility index (Phi) is 4.83. The number of hydrogen-bond acceptors (Lipinski definition) is 3. The molecule has 0 aliphatic heterocycles. The molecule has 0 saturated carbocycles. The lowest BCUT2D eigenvalue weighted by Crippen LogP contribution is -2.50. The number of amides is 1. The summed E-state index contributed by atoms with van der Waals surface area (Å²) in [6.45, 7) is -2.93. The van der Waals surface area contributed by atoms with Gasteiger partial charge in [-0.25, -0.2) is 0 Å². The lowest BCUT2D eigenvalue weighted by Gasteiger charge is -2.24. The van der Waals surface area contributed by atoms with Gasteiger partial charge in [0.25, 0.3) is 0 Å². The Balaban J connectivity index is 2.26. The highest BCUT2D eigenvalue weighted by molar-refractivity contribution is 6.35. The molecule has 4 nitrogen and oxygen atoms in total. The second-order valence-corrected chi connectivity index (χ2v) is 6.33. The molecule has 2 aromatic rings. The van der Waals surface area contributed by atoms with Gasteiger partial charge in [-0.15, -0.1) is 13.2 Å². The summed E-state index contributed by atoms with van der Waals surface area (Å²) < 4.78 is 63.6. The van der Waals surface area contributed by atoms with E-state index in [-0.39, 0.29) is 21.3 Å². The molecule has 0 heterocycles. The highest BCUT2D eigenvalue weighted by atomic mass is 35.5. The van der Waals surface area contributed by atoms with Gasteiger partial charge in [-0.3, -0.25) is 4.79 Å². The Bertz CT molecular complexity index is 873. The maximum absolute atomic E-state index is 12.7. The molecule has 9 heteroatoms. The normalized spacial score (nSPS) is 16.0. The van der Waals surface area contributed by atoms with Crippen LogP contribution in [0, 0.1) is 0 Å². The van der Waals surface area contributed by atoms with Crippen molar-refractivity contribution in [3.63, 3.8) is 0 Å². The highest BCUT2D eigenvalue weighted by Crippen LogP contribution is 2.25. The number of halogens is 5. The van der Waals surface area contributed by atoms with Crippen molar-refractivity contribution in [3.8, 4) is 5.75 Å². The number of hydrogen-bond donors (Lipinski definition) is 2. The molecule has 0 aliphatic carbocycles. The van der Waals surface area contributed by atoms with Crippen LogP contribution in [0.4, 0.5) is 18.9 Å². The van der Waals surface area contributed by atoms with E-state index in [1.165, 1.54) is 30.3 Å². The predicted octanol–water partition coefficient (Wildman–Crippen LogP) is 4.79. The van der Waals surface area contributed by atoms with E-state index in [0.717, 1.165) is 12.1 Å². The first-order valence-electron chi connectivity index (χ1n) is 8.61. The van der Waals surface area contributed by atoms with E-state index < -0.39 is 36.8 Å². The van der Waals surface area contributed by atoms with Gasteiger partial charge < -0.3 is 15.8 Å². The fourth-order valence-corrected chi connectivity index (χ4v) is 2.61. The predicted molar refractivity (Wildman–Crippen MR) is 94.5 cm³/mol. The Labute approximate surface area is 162 Å². The molecule has 26 heavy (non-hydrogen) atoms. The van der Waals surface area contributed by atoms with Crippen molar-refractivity contribution in [1.29, 1.82) is 0 Å². The summed E-state index contributed by atoms with van der Waals surface area (Å²) >= 11 is 11.7. The molecule has 0 aliphatic rings. The molecule has 2 rings (SSSR count). The average molecular weight is 410 g/mol. The SMILES string of the molecule is [2H]C([2H])([2H])[C@@](N)(Cc1ccc(OC(F)(F)F)cc1)C(=O)Nc1cc(Cl)cc(Cl)c1. The summed E-state index contributed by atoms with van der Waals surface area (Å²) in [5.41, 5.74) is 3.94. The quantitative estimate of drug-likeness (QED) is 0.745. The van der Waals surface area contributed by atoms with Gasteiger partial charge in [0, 0.05) is 19.8 Å². The van der Waals surface area contributed by atoms with Crippen LogP contribution < -0.4 is 15.8 Å². The van der Waals surface area contributed by atoms with E-state index in [2.05, 4.69) is 10.1 Å². The molecule has 0 aromatic heterocycles. The topological polar surface area (TPSA) is 64.3 Å². The minimum atomic E-state index is -4.87. The Morgan fingerprint density at radius 3 is 2.27 bits per heavy atom. The Hall–Kier alpha value is -1.96. The van der Waals surface area contributed by atoms with Gasteiger partial charge in [0.05, 0.1) is 5.54 Å². The van der Waals surface area contributed by atoms with Crippen LogP contribution in [0.1, 0.15) is 16.5 Å². The molecule has 0 unspecified atom stereocenters. The Morgan fingerprint density at radius 2 is 1.77 bits per heavy atom. The summed E-state index contributed by atoms with van der Waals surface area (Å²) in [6, 6.07) is 8.51. The third-order valence-electron chi connectivity index (χ3n) is 3.17. The number of benzene rings is 2. The first-order chi connectivity index (χ1) is 13.2. The van der Waals surface area contributed by atoms with Crippen molar-refractivity contribution in [2.45, 2.75) is 25.2 Å². The number of nitrogens with two attached hydrogens (primary N) is 1. The lowest BCUT2D eigenvalue weighted by molar-refractivity contribution is -0.274. The fourth-order valence-electron chi connectivity index (χ4n) is 2.08. The van der Waals surface area contributed by atoms with Crippen LogP contribution >= 0.6 is 23.2 Å². The van der Waals surface area contributed by atoms with E-state index in [1.54, 1.807) is 0 Å². The number of nitrogens with one attached hydrogen (secondary N) is 1. The standard InChI is InChI=1S/C17H15Cl2F3N2O2/c1-16(23,15(25)24-13-7-11(18)6-12(19)8-13)9-10-2-4-14(5-3-10)26-17(20,21)22/h2-8H,9,23H2,1H3,(H,24,25)/t16-/m1/s1/i1D3. The lowest BCUT2D eigenvalue weighted by atomic mass is 9.93. The van der Waals surface area contributed by atoms with Crippen molar-refractivity contribution in [2.24, 2.45) is 5.73 Å². The van der Waals surface area contributed by atoms with E-state index in [1.807, 2.05) is 0 Å². The average Bonchev–Trinajstić information content (AvgIpc) is 2.53. The van der Waals surface area contributed by atoms with Crippen LogP contribution in [0.5, 0.6) is 5.75 Å². The van der Waals surface area contributed by atoms with Crippen LogP contribution in [0.25, 0.3) is 0 Å². The number of rotatable bonds is 5. The zero-order chi connectivity index (χ0) is 22.0. The van der Waals surface area contributed by atoms with Crippen molar-refractivity contribution in [2.75, 3.05) is 5.32 Å². The van der Waals surface area contributed by atoms with Crippen LogP contribution in [0.15, 0.2) is 42.5 Å². The largest absolute Gasteiger partial charge is 0.573 e. The summed E-state index contributed by atoms with van der Waals surface area (Å²) in [5, 5.41) is 2.79. The summed E-state index contributed by atoms with van der Waals surface area (Å²) in [5.74, 6) is -1.53. The van der Waals surface area contributed by atoms with Gasteiger partial charge in [-0.2, -0.15) is 0 Å². The zero-order valence-electron chi connectivity index (χ0n) is 16.0. The molecule has 1 atom stereocenters. The van der Waals surface area contributed by atoms with Crippen molar-refractivity contribution in [3.05, 3.63) is 58.1 Å². The number of alkyl halides is 3. The van der Waals surface area contributed by atoms with Gasteiger partial charge >= 0.3 is 6.36 Å². The maximum Gasteiger partial charge on any atom is 0.573 e. The second-order valence-electron chi connectivity index (χ2n) is 5.45. The molecular weight excluding hydrogens is 392 g/mol. The Morgan fingerprint density at radius 1 is 1.19 bits per heavy atom. The summed E-state index contributed by atoms with van der Waals surface area (Å²) in [6.07, 6.45) is -5.34. The van der Waals surface area contributed by atoms with E-state index in [9.17, 15) is 18.0 Å².